The number of rotatable bonds is 5. The average Bonchev–Trinajstić information content (AvgIpc) is 3.19. The number of nitrogens with one attached hydrogen (secondary N) is 1. The lowest BCUT2D eigenvalue weighted by molar-refractivity contribution is -0.120. The summed E-state index contributed by atoms with van der Waals surface area (Å²) in [5.41, 5.74) is 1.28. The van der Waals surface area contributed by atoms with Gasteiger partial charge >= 0.3 is 0 Å². The molecular formula is C20H22ClN5O3. The van der Waals surface area contributed by atoms with Gasteiger partial charge in [0.15, 0.2) is 17.1 Å². The van der Waals surface area contributed by atoms with Crippen LogP contribution in [0, 0.1) is 5.92 Å². The molecule has 8 nitrogen and oxygen atoms in total. The number of hydrogen-bond acceptors (Lipinski definition) is 6. The van der Waals surface area contributed by atoms with Gasteiger partial charge in [-0.15, -0.1) is 10.2 Å². The number of anilines is 2. The molecule has 3 heterocycles. The summed E-state index contributed by atoms with van der Waals surface area (Å²) in [6, 6.07) is 8.96. The van der Waals surface area contributed by atoms with Crippen molar-refractivity contribution >= 4 is 34.8 Å². The summed E-state index contributed by atoms with van der Waals surface area (Å²) < 4.78 is 12.4. The smallest absolute Gasteiger partial charge is 0.231 e. The Balaban J connectivity index is 1.49. The van der Waals surface area contributed by atoms with Crippen LogP contribution >= 0.6 is 11.6 Å². The van der Waals surface area contributed by atoms with Crippen LogP contribution < -0.4 is 19.7 Å². The molecule has 2 aromatic heterocycles. The van der Waals surface area contributed by atoms with E-state index in [9.17, 15) is 4.79 Å². The van der Waals surface area contributed by atoms with E-state index in [4.69, 9.17) is 21.1 Å². The highest BCUT2D eigenvalue weighted by atomic mass is 35.5. The van der Waals surface area contributed by atoms with Crippen LogP contribution in [0.5, 0.6) is 11.5 Å². The molecule has 4 rings (SSSR count). The lowest BCUT2D eigenvalue weighted by atomic mass is 9.97. The molecule has 0 unspecified atom stereocenters. The molecule has 1 aromatic carbocycles. The van der Waals surface area contributed by atoms with Crippen LogP contribution in [-0.2, 0) is 4.79 Å². The van der Waals surface area contributed by atoms with Crippen molar-refractivity contribution in [2.24, 2.45) is 5.92 Å². The fourth-order valence-corrected chi connectivity index (χ4v) is 3.82. The number of amides is 1. The van der Waals surface area contributed by atoms with Crippen LogP contribution in [0.3, 0.4) is 0 Å². The number of aromatic nitrogens is 3. The van der Waals surface area contributed by atoms with Gasteiger partial charge < -0.3 is 19.7 Å². The summed E-state index contributed by atoms with van der Waals surface area (Å²) in [5, 5.41) is 12.0. The number of carbonyl (C=O) groups is 1. The van der Waals surface area contributed by atoms with Crippen molar-refractivity contribution in [2.45, 2.75) is 12.8 Å². The fraction of sp³-hybridized carbons (Fsp3) is 0.350. The lowest BCUT2D eigenvalue weighted by Gasteiger charge is -2.32. The van der Waals surface area contributed by atoms with E-state index in [1.807, 2.05) is 16.7 Å². The Morgan fingerprint density at radius 3 is 2.83 bits per heavy atom. The number of nitrogens with zero attached hydrogens (tertiary/aromatic N) is 4. The molecule has 0 radical (unpaired) electrons. The monoisotopic (exact) mass is 415 g/mol. The average molecular weight is 416 g/mol. The predicted octanol–water partition coefficient (Wildman–Crippen LogP) is 3.26. The number of piperidine rings is 1. The molecule has 0 aliphatic carbocycles. The van der Waals surface area contributed by atoms with Crippen LogP contribution in [0.25, 0.3) is 5.65 Å². The summed E-state index contributed by atoms with van der Waals surface area (Å²) in [7, 11) is 3.14. The summed E-state index contributed by atoms with van der Waals surface area (Å²) in [5.74, 6) is 1.69. The molecule has 9 heteroatoms. The topological polar surface area (TPSA) is 81.0 Å². The van der Waals surface area contributed by atoms with Crippen molar-refractivity contribution in [3.63, 3.8) is 0 Å². The van der Waals surface area contributed by atoms with E-state index < -0.39 is 0 Å². The third-order valence-electron chi connectivity index (χ3n) is 5.10. The molecule has 1 aliphatic heterocycles. The quantitative estimate of drug-likeness (QED) is 0.688. The van der Waals surface area contributed by atoms with E-state index in [2.05, 4.69) is 20.4 Å². The van der Waals surface area contributed by atoms with Crippen LogP contribution in [0.1, 0.15) is 12.8 Å². The Bertz CT molecular complexity index is 1040. The van der Waals surface area contributed by atoms with E-state index in [0.29, 0.717) is 40.3 Å². The van der Waals surface area contributed by atoms with E-state index in [0.717, 1.165) is 19.4 Å². The minimum Gasteiger partial charge on any atom is -0.493 e. The van der Waals surface area contributed by atoms with Gasteiger partial charge in [0.25, 0.3) is 0 Å². The molecule has 1 saturated heterocycles. The standard InChI is InChI=1S/C20H22ClN5O3/c1-28-16-8-7-14(11-17(16)29-2)22-19(27)13-5-3-9-25(12-13)20-24-23-18-15(21)6-4-10-26(18)20/h4,6-8,10-11,13H,3,5,9,12H2,1-2H3,(H,22,27)/t13-/m0/s1. The van der Waals surface area contributed by atoms with Crippen LogP contribution in [0.4, 0.5) is 11.6 Å². The van der Waals surface area contributed by atoms with Crippen molar-refractivity contribution in [2.75, 3.05) is 37.5 Å². The zero-order chi connectivity index (χ0) is 20.4. The second-order valence-corrected chi connectivity index (χ2v) is 7.30. The number of fused-ring (bicyclic) bond motifs is 1. The Kier molecular flexibility index (Phi) is 5.44. The normalized spacial score (nSPS) is 16.7. The lowest BCUT2D eigenvalue weighted by Crippen LogP contribution is -2.41. The van der Waals surface area contributed by atoms with Crippen molar-refractivity contribution in [3.8, 4) is 11.5 Å². The zero-order valence-corrected chi connectivity index (χ0v) is 17.0. The third-order valence-corrected chi connectivity index (χ3v) is 5.39. The molecule has 152 valence electrons. The number of carbonyl (C=O) groups excluding carboxylic acids is 1. The molecular weight excluding hydrogens is 394 g/mol. The first-order valence-electron chi connectivity index (χ1n) is 9.38. The maximum Gasteiger partial charge on any atom is 0.231 e. The van der Waals surface area contributed by atoms with Crippen molar-refractivity contribution in [1.29, 1.82) is 0 Å². The number of benzene rings is 1. The fourth-order valence-electron chi connectivity index (χ4n) is 3.62. The van der Waals surface area contributed by atoms with Gasteiger partial charge in [-0.1, -0.05) is 11.6 Å². The molecule has 1 N–H and O–H groups in total. The van der Waals surface area contributed by atoms with Gasteiger partial charge in [0.2, 0.25) is 11.9 Å². The van der Waals surface area contributed by atoms with E-state index in [-0.39, 0.29) is 11.8 Å². The second-order valence-electron chi connectivity index (χ2n) is 6.89. The van der Waals surface area contributed by atoms with Gasteiger partial charge in [-0.25, -0.2) is 0 Å². The van der Waals surface area contributed by atoms with Gasteiger partial charge in [-0.05, 0) is 37.1 Å². The van der Waals surface area contributed by atoms with E-state index in [1.165, 1.54) is 0 Å². The Labute approximate surface area is 173 Å². The maximum atomic E-state index is 12.9. The molecule has 3 aromatic rings. The summed E-state index contributed by atoms with van der Waals surface area (Å²) >= 11 is 6.20. The summed E-state index contributed by atoms with van der Waals surface area (Å²) in [6.45, 7) is 1.37. The molecule has 1 amide bonds. The molecule has 0 spiro atoms. The minimum absolute atomic E-state index is 0.0335. The molecule has 0 saturated carbocycles. The number of hydrogen-bond donors (Lipinski definition) is 1. The first-order valence-corrected chi connectivity index (χ1v) is 9.75. The number of halogens is 1. The number of methoxy groups -OCH3 is 2. The van der Waals surface area contributed by atoms with Gasteiger partial charge in [-0.2, -0.15) is 0 Å². The number of pyridine rings is 1. The highest BCUT2D eigenvalue weighted by molar-refractivity contribution is 6.33. The van der Waals surface area contributed by atoms with Crippen LogP contribution in [0.15, 0.2) is 36.5 Å². The van der Waals surface area contributed by atoms with Crippen molar-refractivity contribution < 1.29 is 14.3 Å². The zero-order valence-electron chi connectivity index (χ0n) is 16.3. The molecule has 29 heavy (non-hydrogen) atoms. The van der Waals surface area contributed by atoms with Gasteiger partial charge in [0.05, 0.1) is 25.2 Å². The minimum atomic E-state index is -0.164. The van der Waals surface area contributed by atoms with Crippen LogP contribution in [-0.4, -0.2) is 47.8 Å². The Hall–Kier alpha value is -3.00. The number of ether oxygens (including phenoxy) is 2. The Morgan fingerprint density at radius 2 is 2.03 bits per heavy atom. The second kappa shape index (κ2) is 8.16. The predicted molar refractivity (Wildman–Crippen MR) is 111 cm³/mol. The van der Waals surface area contributed by atoms with Gasteiger partial charge in [-0.3, -0.25) is 9.20 Å². The largest absolute Gasteiger partial charge is 0.493 e. The van der Waals surface area contributed by atoms with E-state index >= 15 is 0 Å². The SMILES string of the molecule is COc1ccc(NC(=O)[C@H]2CCCN(c3nnc4c(Cl)cccn34)C2)cc1OC. The first-order chi connectivity index (χ1) is 14.1. The van der Waals surface area contributed by atoms with Crippen LogP contribution in [0.2, 0.25) is 5.02 Å². The molecule has 1 fully saturated rings. The van der Waals surface area contributed by atoms with Gasteiger partial charge in [0.1, 0.15) is 0 Å². The summed E-state index contributed by atoms with van der Waals surface area (Å²) in [4.78, 5) is 15.0. The van der Waals surface area contributed by atoms with Gasteiger partial charge in [0, 0.05) is 31.0 Å². The van der Waals surface area contributed by atoms with Crippen molar-refractivity contribution in [3.05, 3.63) is 41.6 Å². The van der Waals surface area contributed by atoms with Crippen molar-refractivity contribution in [1.82, 2.24) is 14.6 Å². The first kappa shape index (κ1) is 19.3. The molecule has 1 atom stereocenters. The van der Waals surface area contributed by atoms with E-state index in [1.54, 1.807) is 38.5 Å². The highest BCUT2D eigenvalue weighted by Crippen LogP contribution is 2.31. The molecule has 1 aliphatic rings. The maximum absolute atomic E-state index is 12.9. The Morgan fingerprint density at radius 1 is 1.21 bits per heavy atom. The molecule has 0 bridgehead atoms. The summed E-state index contributed by atoms with van der Waals surface area (Å²) in [6.07, 6.45) is 3.58. The highest BCUT2D eigenvalue weighted by Gasteiger charge is 2.28. The third kappa shape index (κ3) is 3.80.